The summed E-state index contributed by atoms with van der Waals surface area (Å²) in [5.41, 5.74) is 4.71. The van der Waals surface area contributed by atoms with Gasteiger partial charge in [-0.25, -0.2) is 5.43 Å². The first-order chi connectivity index (χ1) is 15.1. The molecule has 1 heterocycles. The number of fused-ring (bicyclic) bond motifs is 1. The van der Waals surface area contributed by atoms with Crippen molar-refractivity contribution in [1.29, 1.82) is 0 Å². The number of amides is 1. The van der Waals surface area contributed by atoms with E-state index < -0.39 is 5.91 Å². The zero-order valence-corrected chi connectivity index (χ0v) is 17.4. The molecule has 0 radical (unpaired) electrons. The summed E-state index contributed by atoms with van der Waals surface area (Å²) in [6, 6.07) is 21.9. The van der Waals surface area contributed by atoms with E-state index in [1.165, 1.54) is 6.21 Å². The third-order valence-corrected chi connectivity index (χ3v) is 4.80. The summed E-state index contributed by atoms with van der Waals surface area (Å²) in [5, 5.41) is 5.49. The van der Waals surface area contributed by atoms with Crippen LogP contribution in [-0.2, 0) is 6.61 Å². The molecule has 0 aliphatic heterocycles. The Hall–Kier alpha value is -3.77. The van der Waals surface area contributed by atoms with Crippen molar-refractivity contribution in [1.82, 2.24) is 5.43 Å². The van der Waals surface area contributed by atoms with E-state index in [4.69, 9.17) is 25.5 Å². The van der Waals surface area contributed by atoms with Crippen molar-refractivity contribution in [3.8, 4) is 11.5 Å². The van der Waals surface area contributed by atoms with E-state index in [-0.39, 0.29) is 5.76 Å². The smallest absolute Gasteiger partial charge is 0.307 e. The summed E-state index contributed by atoms with van der Waals surface area (Å²) in [5.74, 6) is 0.883. The number of nitrogens with zero attached hydrogens (tertiary/aromatic N) is 1. The van der Waals surface area contributed by atoms with Crippen molar-refractivity contribution in [2.24, 2.45) is 5.10 Å². The summed E-state index contributed by atoms with van der Waals surface area (Å²) in [4.78, 5) is 12.4. The van der Waals surface area contributed by atoms with Gasteiger partial charge in [0.2, 0.25) is 0 Å². The zero-order chi connectivity index (χ0) is 21.6. The fourth-order valence-electron chi connectivity index (χ4n) is 2.98. The number of hydrogen-bond donors (Lipinski definition) is 1. The van der Waals surface area contributed by atoms with Crippen molar-refractivity contribution < 1.29 is 18.7 Å². The molecule has 31 heavy (non-hydrogen) atoms. The molecular weight excluding hydrogens is 416 g/mol. The molecule has 0 aliphatic carbocycles. The lowest BCUT2D eigenvalue weighted by atomic mass is 10.2. The van der Waals surface area contributed by atoms with Gasteiger partial charge in [0.05, 0.1) is 13.3 Å². The van der Waals surface area contributed by atoms with E-state index in [9.17, 15) is 4.79 Å². The molecule has 0 unspecified atom stereocenters. The molecule has 4 aromatic rings. The minimum Gasteiger partial charge on any atom is -0.493 e. The fourth-order valence-corrected chi connectivity index (χ4v) is 3.11. The van der Waals surface area contributed by atoms with E-state index in [0.717, 1.165) is 16.5 Å². The molecule has 7 heteroatoms. The molecule has 0 aliphatic rings. The normalized spacial score (nSPS) is 11.0. The lowest BCUT2D eigenvalue weighted by molar-refractivity contribution is 0.0929. The van der Waals surface area contributed by atoms with E-state index in [0.29, 0.717) is 28.7 Å². The van der Waals surface area contributed by atoms with Gasteiger partial charge in [0.15, 0.2) is 17.1 Å². The second-order valence-corrected chi connectivity index (χ2v) is 7.08. The predicted octanol–water partition coefficient (Wildman–Crippen LogP) is 5.44. The first-order valence-electron chi connectivity index (χ1n) is 9.50. The van der Waals surface area contributed by atoms with Crippen molar-refractivity contribution >= 4 is 34.7 Å². The number of para-hydroxylation sites is 2. The molecule has 1 amide bonds. The van der Waals surface area contributed by atoms with Crippen LogP contribution in [0.4, 0.5) is 0 Å². The summed E-state index contributed by atoms with van der Waals surface area (Å²) < 4.78 is 16.8. The molecular formula is C24H19ClN2O4. The molecule has 1 N–H and O–H groups in total. The third-order valence-electron chi connectivity index (χ3n) is 4.55. The van der Waals surface area contributed by atoms with Crippen molar-refractivity contribution in [2.75, 3.05) is 7.11 Å². The quantitative estimate of drug-likeness (QED) is 0.310. The van der Waals surface area contributed by atoms with Crippen LogP contribution in [0.1, 0.15) is 21.7 Å². The number of rotatable bonds is 7. The average Bonchev–Trinajstić information content (AvgIpc) is 3.24. The molecule has 1 aromatic heterocycles. The van der Waals surface area contributed by atoms with Crippen LogP contribution in [0, 0.1) is 0 Å². The second kappa shape index (κ2) is 9.36. The van der Waals surface area contributed by atoms with Gasteiger partial charge in [-0.1, -0.05) is 48.0 Å². The fraction of sp³-hybridized carbons (Fsp3) is 0.0833. The lowest BCUT2D eigenvalue weighted by Crippen LogP contribution is -2.16. The van der Waals surface area contributed by atoms with E-state index in [1.54, 1.807) is 19.2 Å². The van der Waals surface area contributed by atoms with Crippen LogP contribution in [0.3, 0.4) is 0 Å². The molecule has 0 saturated carbocycles. The van der Waals surface area contributed by atoms with Gasteiger partial charge in [0, 0.05) is 16.0 Å². The minimum atomic E-state index is -0.464. The number of furan rings is 1. The molecule has 156 valence electrons. The van der Waals surface area contributed by atoms with Gasteiger partial charge in [-0.15, -0.1) is 0 Å². The lowest BCUT2D eigenvalue weighted by Gasteiger charge is -2.09. The summed E-state index contributed by atoms with van der Waals surface area (Å²) in [7, 11) is 1.55. The largest absolute Gasteiger partial charge is 0.493 e. The number of hydrazone groups is 1. The minimum absolute atomic E-state index is 0.143. The van der Waals surface area contributed by atoms with Crippen molar-refractivity contribution in [3.63, 3.8) is 0 Å². The molecule has 0 atom stereocenters. The first-order valence-corrected chi connectivity index (χ1v) is 9.88. The van der Waals surface area contributed by atoms with Gasteiger partial charge in [0.1, 0.15) is 12.4 Å². The highest BCUT2D eigenvalue weighted by Gasteiger charge is 2.14. The van der Waals surface area contributed by atoms with E-state index in [1.807, 2.05) is 60.7 Å². The molecule has 3 aromatic carbocycles. The Morgan fingerprint density at radius 1 is 1.06 bits per heavy atom. The van der Waals surface area contributed by atoms with Crippen LogP contribution in [0.25, 0.3) is 11.0 Å². The van der Waals surface area contributed by atoms with Crippen molar-refractivity contribution in [3.05, 3.63) is 94.7 Å². The highest BCUT2D eigenvalue weighted by Crippen LogP contribution is 2.28. The summed E-state index contributed by atoms with van der Waals surface area (Å²) in [6.45, 7) is 0.384. The Balaban J connectivity index is 1.43. The maximum Gasteiger partial charge on any atom is 0.307 e. The number of nitrogens with one attached hydrogen (secondary N) is 1. The molecule has 0 fully saturated rings. The van der Waals surface area contributed by atoms with Gasteiger partial charge in [-0.2, -0.15) is 5.10 Å². The standard InChI is InChI=1S/C24H19ClN2O4/c1-29-21-8-4-6-17-13-22(31-23(17)21)24(28)27-26-14-18-5-2-3-7-20(18)30-15-16-9-11-19(25)12-10-16/h2-14H,15H2,1H3,(H,27,28)/b26-14-. The zero-order valence-electron chi connectivity index (χ0n) is 16.7. The number of halogens is 1. The number of carbonyl (C=O) groups excluding carboxylic acids is 1. The number of methoxy groups -OCH3 is 1. The first kappa shape index (κ1) is 20.5. The maximum atomic E-state index is 12.4. The van der Waals surface area contributed by atoms with Crippen LogP contribution < -0.4 is 14.9 Å². The molecule has 0 bridgehead atoms. The van der Waals surface area contributed by atoms with Crippen LogP contribution in [0.2, 0.25) is 5.02 Å². The highest BCUT2D eigenvalue weighted by atomic mass is 35.5. The van der Waals surface area contributed by atoms with Crippen molar-refractivity contribution in [2.45, 2.75) is 6.61 Å². The summed E-state index contributed by atoms with van der Waals surface area (Å²) in [6.07, 6.45) is 1.53. The molecule has 4 rings (SSSR count). The SMILES string of the molecule is COc1cccc2cc(C(=O)N/N=C\c3ccccc3OCc3ccc(Cl)cc3)oc12. The Kier molecular flexibility index (Phi) is 6.19. The molecule has 6 nitrogen and oxygen atoms in total. The third kappa shape index (κ3) is 4.87. The van der Waals surface area contributed by atoms with Gasteiger partial charge in [0.25, 0.3) is 0 Å². The predicted molar refractivity (Wildman–Crippen MR) is 120 cm³/mol. The highest BCUT2D eigenvalue weighted by molar-refractivity contribution is 6.30. The Morgan fingerprint density at radius 3 is 2.65 bits per heavy atom. The summed E-state index contributed by atoms with van der Waals surface area (Å²) >= 11 is 5.91. The topological polar surface area (TPSA) is 73.1 Å². The number of benzene rings is 3. The van der Waals surface area contributed by atoms with Crippen LogP contribution >= 0.6 is 11.6 Å². The van der Waals surface area contributed by atoms with Gasteiger partial charge in [-0.05, 0) is 42.0 Å². The Morgan fingerprint density at radius 2 is 1.84 bits per heavy atom. The average molecular weight is 435 g/mol. The number of carbonyl (C=O) groups is 1. The van der Waals surface area contributed by atoms with Gasteiger partial charge >= 0.3 is 5.91 Å². The maximum absolute atomic E-state index is 12.4. The number of ether oxygens (including phenoxy) is 2. The van der Waals surface area contributed by atoms with Crippen LogP contribution in [-0.4, -0.2) is 19.2 Å². The Labute approximate surface area is 184 Å². The van der Waals surface area contributed by atoms with Crippen LogP contribution in [0.15, 0.2) is 82.3 Å². The van der Waals surface area contributed by atoms with Gasteiger partial charge < -0.3 is 13.9 Å². The van der Waals surface area contributed by atoms with Gasteiger partial charge in [-0.3, -0.25) is 4.79 Å². The van der Waals surface area contributed by atoms with Crippen LogP contribution in [0.5, 0.6) is 11.5 Å². The van der Waals surface area contributed by atoms with E-state index >= 15 is 0 Å². The molecule has 0 saturated heterocycles. The Bertz CT molecular complexity index is 1230. The monoisotopic (exact) mass is 434 g/mol. The number of hydrogen-bond acceptors (Lipinski definition) is 5. The van der Waals surface area contributed by atoms with E-state index in [2.05, 4.69) is 10.5 Å². The second-order valence-electron chi connectivity index (χ2n) is 6.64. The molecule has 0 spiro atoms.